The van der Waals surface area contributed by atoms with Gasteiger partial charge in [0.25, 0.3) is 0 Å². The number of amides is 2. The molecule has 1 aliphatic rings. The topological polar surface area (TPSA) is 70.7 Å². The number of thioether (sulfide) groups is 1. The summed E-state index contributed by atoms with van der Waals surface area (Å²) in [6.07, 6.45) is 0. The van der Waals surface area contributed by atoms with Crippen LogP contribution in [0.2, 0.25) is 0 Å². The Balaban J connectivity index is 1.57. The molecule has 154 valence electrons. The number of hydrogen-bond donors (Lipinski definition) is 2. The van der Waals surface area contributed by atoms with Crippen molar-refractivity contribution in [1.29, 1.82) is 0 Å². The van der Waals surface area contributed by atoms with Gasteiger partial charge in [-0.05, 0) is 49.4 Å². The lowest BCUT2D eigenvalue weighted by atomic mass is 10.2. The maximum atomic E-state index is 14.5. The summed E-state index contributed by atoms with van der Waals surface area (Å²) >= 11 is 1.39. The molecule has 29 heavy (non-hydrogen) atoms. The van der Waals surface area contributed by atoms with Gasteiger partial charge < -0.3 is 20.3 Å². The molecule has 2 aromatic carbocycles. The van der Waals surface area contributed by atoms with Crippen molar-refractivity contribution in [3.63, 3.8) is 0 Å². The van der Waals surface area contributed by atoms with Crippen molar-refractivity contribution < 1.29 is 18.7 Å². The number of morpholine rings is 1. The number of rotatable bonds is 6. The van der Waals surface area contributed by atoms with Gasteiger partial charge in [0.2, 0.25) is 11.8 Å². The van der Waals surface area contributed by atoms with E-state index in [1.807, 2.05) is 17.0 Å². The lowest BCUT2D eigenvalue weighted by Crippen LogP contribution is -2.36. The SMILES string of the molecule is CC(=O)Nc1ccc(SC(C)C(=O)Nc2ccc(N3CCOCC3)c(F)c2)cc1. The van der Waals surface area contributed by atoms with Gasteiger partial charge in [0.15, 0.2) is 0 Å². The van der Waals surface area contributed by atoms with E-state index in [2.05, 4.69) is 10.6 Å². The van der Waals surface area contributed by atoms with Gasteiger partial charge in [-0.2, -0.15) is 0 Å². The van der Waals surface area contributed by atoms with Crippen molar-refractivity contribution in [3.05, 3.63) is 48.3 Å². The smallest absolute Gasteiger partial charge is 0.237 e. The third-order valence-corrected chi connectivity index (χ3v) is 5.54. The van der Waals surface area contributed by atoms with Crippen LogP contribution in [0, 0.1) is 5.82 Å². The van der Waals surface area contributed by atoms with E-state index in [1.165, 1.54) is 24.8 Å². The Kier molecular flexibility index (Phi) is 7.11. The first-order valence-electron chi connectivity index (χ1n) is 9.40. The van der Waals surface area contributed by atoms with Crippen molar-refractivity contribution in [2.24, 2.45) is 0 Å². The second-order valence-electron chi connectivity index (χ2n) is 6.72. The molecule has 0 aromatic heterocycles. The first-order chi connectivity index (χ1) is 13.9. The molecule has 1 atom stereocenters. The molecule has 2 amide bonds. The molecular weight excluding hydrogens is 393 g/mol. The molecule has 0 bridgehead atoms. The summed E-state index contributed by atoms with van der Waals surface area (Å²) in [5, 5.41) is 5.10. The van der Waals surface area contributed by atoms with E-state index >= 15 is 0 Å². The molecule has 1 aliphatic heterocycles. The van der Waals surface area contributed by atoms with Crippen LogP contribution in [0.3, 0.4) is 0 Å². The van der Waals surface area contributed by atoms with Gasteiger partial charge in [-0.15, -0.1) is 11.8 Å². The standard InChI is InChI=1S/C21H24FN3O3S/c1-14(29-18-6-3-16(4-7-18)23-15(2)26)21(27)24-17-5-8-20(19(22)13-17)25-9-11-28-12-10-25/h3-8,13-14H,9-12H2,1-2H3,(H,23,26)(H,24,27). The summed E-state index contributed by atoms with van der Waals surface area (Å²) in [6, 6.07) is 12.0. The normalized spacial score (nSPS) is 14.9. The van der Waals surface area contributed by atoms with Crippen LogP contribution in [0.15, 0.2) is 47.4 Å². The van der Waals surface area contributed by atoms with Crippen molar-refractivity contribution in [3.8, 4) is 0 Å². The zero-order valence-corrected chi connectivity index (χ0v) is 17.2. The highest BCUT2D eigenvalue weighted by atomic mass is 32.2. The number of anilines is 3. The number of nitrogens with one attached hydrogen (secondary N) is 2. The van der Waals surface area contributed by atoms with Gasteiger partial charge >= 0.3 is 0 Å². The van der Waals surface area contributed by atoms with Crippen LogP contribution >= 0.6 is 11.8 Å². The highest BCUT2D eigenvalue weighted by Crippen LogP contribution is 2.27. The minimum absolute atomic E-state index is 0.134. The summed E-state index contributed by atoms with van der Waals surface area (Å²) < 4.78 is 19.8. The molecule has 0 aliphatic carbocycles. The predicted octanol–water partition coefficient (Wildman–Crippen LogP) is 3.74. The first kappa shape index (κ1) is 21.1. The van der Waals surface area contributed by atoms with E-state index in [0.29, 0.717) is 43.4 Å². The Morgan fingerprint density at radius 1 is 1.07 bits per heavy atom. The molecule has 8 heteroatoms. The third-order valence-electron chi connectivity index (χ3n) is 4.42. The molecule has 2 aromatic rings. The molecule has 0 saturated carbocycles. The number of halogens is 1. The number of carbonyl (C=O) groups excluding carboxylic acids is 2. The van der Waals surface area contributed by atoms with E-state index in [1.54, 1.807) is 31.2 Å². The molecular formula is C21H24FN3O3S. The second kappa shape index (κ2) is 9.76. The lowest BCUT2D eigenvalue weighted by Gasteiger charge is -2.29. The third kappa shape index (κ3) is 5.95. The van der Waals surface area contributed by atoms with Gasteiger partial charge in [0.05, 0.1) is 24.2 Å². The van der Waals surface area contributed by atoms with Gasteiger partial charge in [-0.3, -0.25) is 9.59 Å². The molecule has 6 nitrogen and oxygen atoms in total. The maximum Gasteiger partial charge on any atom is 0.237 e. The van der Waals surface area contributed by atoms with Crippen LogP contribution in [0.25, 0.3) is 0 Å². The van der Waals surface area contributed by atoms with Crippen molar-refractivity contribution in [1.82, 2.24) is 0 Å². The van der Waals surface area contributed by atoms with E-state index in [4.69, 9.17) is 4.74 Å². The summed E-state index contributed by atoms with van der Waals surface area (Å²) in [5.74, 6) is -0.706. The Morgan fingerprint density at radius 2 is 1.72 bits per heavy atom. The van der Waals surface area contributed by atoms with Gasteiger partial charge in [0, 0.05) is 36.3 Å². The van der Waals surface area contributed by atoms with Crippen molar-refractivity contribution >= 4 is 40.6 Å². The largest absolute Gasteiger partial charge is 0.378 e. The predicted molar refractivity (Wildman–Crippen MR) is 114 cm³/mol. The van der Waals surface area contributed by atoms with Crippen LogP contribution in [0.1, 0.15) is 13.8 Å². The average Bonchev–Trinajstić information content (AvgIpc) is 2.70. The van der Waals surface area contributed by atoms with E-state index in [-0.39, 0.29) is 22.9 Å². The minimum Gasteiger partial charge on any atom is -0.378 e. The minimum atomic E-state index is -0.372. The fourth-order valence-corrected chi connectivity index (χ4v) is 3.83. The summed E-state index contributed by atoms with van der Waals surface area (Å²) in [6.45, 7) is 5.70. The van der Waals surface area contributed by atoms with Gasteiger partial charge in [0.1, 0.15) is 5.82 Å². The van der Waals surface area contributed by atoms with Crippen LogP contribution in [0.5, 0.6) is 0 Å². The van der Waals surface area contributed by atoms with E-state index in [9.17, 15) is 14.0 Å². The summed E-state index contributed by atoms with van der Waals surface area (Å²) in [7, 11) is 0. The number of hydrogen-bond acceptors (Lipinski definition) is 5. The molecule has 1 unspecified atom stereocenters. The summed E-state index contributed by atoms with van der Waals surface area (Å²) in [5.41, 5.74) is 1.65. The Labute approximate surface area is 173 Å². The number of nitrogens with zero attached hydrogens (tertiary/aromatic N) is 1. The van der Waals surface area contributed by atoms with Gasteiger partial charge in [-0.1, -0.05) is 0 Å². The molecule has 3 rings (SSSR count). The zero-order valence-electron chi connectivity index (χ0n) is 16.4. The van der Waals surface area contributed by atoms with Crippen LogP contribution < -0.4 is 15.5 Å². The highest BCUT2D eigenvalue weighted by molar-refractivity contribution is 8.00. The van der Waals surface area contributed by atoms with Gasteiger partial charge in [-0.25, -0.2) is 4.39 Å². The Bertz CT molecular complexity index is 870. The Hall–Kier alpha value is -2.58. The summed E-state index contributed by atoms with van der Waals surface area (Å²) in [4.78, 5) is 26.4. The van der Waals surface area contributed by atoms with Crippen molar-refractivity contribution in [2.45, 2.75) is 24.0 Å². The molecule has 0 spiro atoms. The molecule has 1 fully saturated rings. The quantitative estimate of drug-likeness (QED) is 0.701. The van der Waals surface area contributed by atoms with E-state index in [0.717, 1.165) is 4.90 Å². The van der Waals surface area contributed by atoms with Crippen LogP contribution in [-0.4, -0.2) is 43.4 Å². The van der Waals surface area contributed by atoms with Crippen LogP contribution in [-0.2, 0) is 14.3 Å². The lowest BCUT2D eigenvalue weighted by molar-refractivity contribution is -0.115. The highest BCUT2D eigenvalue weighted by Gasteiger charge is 2.18. The number of carbonyl (C=O) groups is 2. The molecule has 1 saturated heterocycles. The number of benzene rings is 2. The maximum absolute atomic E-state index is 14.5. The fraction of sp³-hybridized carbons (Fsp3) is 0.333. The molecule has 0 radical (unpaired) electrons. The monoisotopic (exact) mass is 417 g/mol. The Morgan fingerprint density at radius 3 is 2.34 bits per heavy atom. The first-order valence-corrected chi connectivity index (χ1v) is 10.3. The van der Waals surface area contributed by atoms with E-state index < -0.39 is 0 Å². The van der Waals surface area contributed by atoms with Crippen molar-refractivity contribution in [2.75, 3.05) is 41.8 Å². The van der Waals surface area contributed by atoms with Crippen LogP contribution in [0.4, 0.5) is 21.5 Å². The average molecular weight is 418 g/mol. The fourth-order valence-electron chi connectivity index (χ4n) is 2.97. The molecule has 1 heterocycles. The number of ether oxygens (including phenoxy) is 1. The zero-order chi connectivity index (χ0) is 20.8. The molecule has 2 N–H and O–H groups in total. The second-order valence-corrected chi connectivity index (χ2v) is 8.13.